The first-order valence-electron chi connectivity index (χ1n) is 8.31. The molecule has 1 aliphatic rings. The molecule has 0 saturated carbocycles. The van der Waals surface area contributed by atoms with Crippen LogP contribution in [0.15, 0.2) is 36.4 Å². The number of likely N-dealkylation sites (tertiary alicyclic amines) is 1. The number of halogens is 1. The average Bonchev–Trinajstić information content (AvgIpc) is 2.67. The molecule has 2 amide bonds. The Morgan fingerprint density at radius 3 is 2.41 bits per heavy atom. The summed E-state index contributed by atoms with van der Waals surface area (Å²) in [5, 5.41) is 19.6. The number of nitro groups is 1. The first-order valence-corrected chi connectivity index (χ1v) is 8.31. The number of amides is 2. The van der Waals surface area contributed by atoms with Gasteiger partial charge in [0.05, 0.1) is 4.92 Å². The van der Waals surface area contributed by atoms with Crippen LogP contribution in [0.1, 0.15) is 19.4 Å². The van der Waals surface area contributed by atoms with E-state index in [9.17, 15) is 28.9 Å². The maximum Gasteiger partial charge on any atom is 0.333 e. The maximum atomic E-state index is 14.6. The minimum atomic E-state index is -2.08. The lowest BCUT2D eigenvalue weighted by Crippen LogP contribution is -2.72. The molecule has 2 rings (SSSR count). The molecule has 3 unspecified atom stereocenters. The molecular formula is C18H17FN4O6. The molecule has 0 bridgehead atoms. The van der Waals surface area contributed by atoms with Crippen LogP contribution in [0.25, 0.3) is 0 Å². The molecule has 10 nitrogen and oxygen atoms in total. The molecule has 1 aromatic rings. The van der Waals surface area contributed by atoms with Gasteiger partial charge in [-0.05, 0) is 30.2 Å². The van der Waals surface area contributed by atoms with Crippen molar-refractivity contribution in [2.24, 2.45) is 0 Å². The van der Waals surface area contributed by atoms with E-state index in [1.165, 1.54) is 37.4 Å². The van der Waals surface area contributed by atoms with Crippen molar-refractivity contribution in [3.63, 3.8) is 0 Å². The summed E-state index contributed by atoms with van der Waals surface area (Å²) >= 11 is 0. The van der Waals surface area contributed by atoms with Gasteiger partial charge in [0.2, 0.25) is 12.2 Å². The summed E-state index contributed by atoms with van der Waals surface area (Å²) in [5.74, 6) is -2.69. The van der Waals surface area contributed by atoms with E-state index in [4.69, 9.17) is 10.00 Å². The summed E-state index contributed by atoms with van der Waals surface area (Å²) in [6, 6.07) is 2.17. The van der Waals surface area contributed by atoms with E-state index < -0.39 is 41.1 Å². The Labute approximate surface area is 164 Å². The predicted octanol–water partition coefficient (Wildman–Crippen LogP) is 1.42. The van der Waals surface area contributed by atoms with Gasteiger partial charge in [0.1, 0.15) is 6.61 Å². The molecule has 0 N–H and O–H groups in total. The lowest BCUT2D eigenvalue weighted by Gasteiger charge is -2.47. The molecule has 1 saturated heterocycles. The van der Waals surface area contributed by atoms with Gasteiger partial charge in [0, 0.05) is 19.1 Å². The number of hydrogen-bond acceptors (Lipinski definition) is 7. The summed E-state index contributed by atoms with van der Waals surface area (Å²) in [4.78, 5) is 47.2. The minimum Gasteiger partial charge on any atom is -0.459 e. The third kappa shape index (κ3) is 4.21. The number of carbonyl (C=O) groups excluding carboxylic acids is 3. The van der Waals surface area contributed by atoms with Gasteiger partial charge in [0.15, 0.2) is 18.3 Å². The molecule has 1 heterocycles. The van der Waals surface area contributed by atoms with Crippen LogP contribution in [0.4, 0.5) is 10.1 Å². The second-order valence-electron chi connectivity index (χ2n) is 6.33. The SMILES string of the molecule is C=C(C)C(C(=O)OCc1ccc([N+](=O)[O-])cc1)N1C(=O)C(N(C#N)C(C)=O)C1F. The van der Waals surface area contributed by atoms with Gasteiger partial charge >= 0.3 is 5.97 Å². The summed E-state index contributed by atoms with van der Waals surface area (Å²) in [7, 11) is 0. The molecule has 11 heteroatoms. The van der Waals surface area contributed by atoms with Crippen molar-refractivity contribution >= 4 is 23.5 Å². The van der Waals surface area contributed by atoms with Crippen LogP contribution in [0, 0.1) is 21.6 Å². The quantitative estimate of drug-likeness (QED) is 0.0980. The highest BCUT2D eigenvalue weighted by molar-refractivity contribution is 5.97. The van der Waals surface area contributed by atoms with Crippen LogP contribution in [0.2, 0.25) is 0 Å². The second-order valence-corrected chi connectivity index (χ2v) is 6.33. The predicted molar refractivity (Wildman–Crippen MR) is 95.2 cm³/mol. The Hall–Kier alpha value is -3.81. The van der Waals surface area contributed by atoms with Gasteiger partial charge in [-0.3, -0.25) is 24.6 Å². The van der Waals surface area contributed by atoms with Crippen LogP contribution in [-0.4, -0.2) is 50.9 Å². The zero-order chi connectivity index (χ0) is 21.9. The zero-order valence-electron chi connectivity index (χ0n) is 15.6. The minimum absolute atomic E-state index is 0.125. The molecule has 1 aromatic carbocycles. The molecule has 0 spiro atoms. The smallest absolute Gasteiger partial charge is 0.333 e. The molecule has 0 radical (unpaired) electrons. The largest absolute Gasteiger partial charge is 0.459 e. The number of nitriles is 1. The van der Waals surface area contributed by atoms with E-state index in [0.717, 1.165) is 6.92 Å². The summed E-state index contributed by atoms with van der Waals surface area (Å²) in [5.41, 5.74) is 0.436. The summed E-state index contributed by atoms with van der Waals surface area (Å²) < 4.78 is 19.7. The fourth-order valence-corrected chi connectivity index (χ4v) is 2.79. The van der Waals surface area contributed by atoms with Crippen LogP contribution in [-0.2, 0) is 25.7 Å². The van der Waals surface area contributed by atoms with E-state index in [-0.39, 0.29) is 17.9 Å². The van der Waals surface area contributed by atoms with Gasteiger partial charge in [-0.25, -0.2) is 14.1 Å². The molecule has 29 heavy (non-hydrogen) atoms. The number of carbonyl (C=O) groups is 3. The third-order valence-electron chi connectivity index (χ3n) is 4.26. The number of non-ortho nitro benzene ring substituents is 1. The lowest BCUT2D eigenvalue weighted by molar-refractivity contribution is -0.384. The highest BCUT2D eigenvalue weighted by Crippen LogP contribution is 2.31. The number of benzene rings is 1. The van der Waals surface area contributed by atoms with Crippen molar-refractivity contribution in [3.05, 3.63) is 52.1 Å². The molecular weight excluding hydrogens is 387 g/mol. The van der Waals surface area contributed by atoms with Crippen LogP contribution >= 0.6 is 0 Å². The molecule has 152 valence electrons. The molecule has 0 aromatic heterocycles. The maximum absolute atomic E-state index is 14.6. The highest BCUT2D eigenvalue weighted by Gasteiger charge is 2.57. The Morgan fingerprint density at radius 1 is 1.41 bits per heavy atom. The van der Waals surface area contributed by atoms with Crippen molar-refractivity contribution in [1.29, 1.82) is 5.26 Å². The van der Waals surface area contributed by atoms with Crippen molar-refractivity contribution in [2.45, 2.75) is 38.8 Å². The van der Waals surface area contributed by atoms with Crippen LogP contribution in [0.3, 0.4) is 0 Å². The van der Waals surface area contributed by atoms with E-state index in [1.54, 1.807) is 0 Å². The number of ether oxygens (including phenoxy) is 1. The summed E-state index contributed by atoms with van der Waals surface area (Å²) in [6.45, 7) is 5.73. The first-order chi connectivity index (χ1) is 13.6. The average molecular weight is 404 g/mol. The molecule has 0 aliphatic carbocycles. The van der Waals surface area contributed by atoms with E-state index >= 15 is 0 Å². The number of hydrogen-bond donors (Lipinski definition) is 0. The molecule has 1 fully saturated rings. The summed E-state index contributed by atoms with van der Waals surface area (Å²) in [6.07, 6.45) is -0.633. The van der Waals surface area contributed by atoms with Crippen molar-refractivity contribution in [3.8, 4) is 6.19 Å². The van der Waals surface area contributed by atoms with Gasteiger partial charge in [0.25, 0.3) is 11.6 Å². The van der Waals surface area contributed by atoms with E-state index in [1.807, 2.05) is 0 Å². The van der Waals surface area contributed by atoms with Gasteiger partial charge in [-0.1, -0.05) is 6.58 Å². The van der Waals surface area contributed by atoms with E-state index in [2.05, 4.69) is 6.58 Å². The van der Waals surface area contributed by atoms with Crippen LogP contribution < -0.4 is 0 Å². The van der Waals surface area contributed by atoms with Gasteiger partial charge < -0.3 is 4.74 Å². The van der Waals surface area contributed by atoms with Crippen molar-refractivity contribution in [1.82, 2.24) is 9.80 Å². The number of rotatable bonds is 7. The van der Waals surface area contributed by atoms with E-state index in [0.29, 0.717) is 15.4 Å². The first kappa shape index (κ1) is 21.5. The van der Waals surface area contributed by atoms with Gasteiger partial charge in [-0.15, -0.1) is 0 Å². The number of β-lactam (4-membered cyclic amide) rings is 1. The Morgan fingerprint density at radius 2 is 2.00 bits per heavy atom. The van der Waals surface area contributed by atoms with Gasteiger partial charge in [-0.2, -0.15) is 5.26 Å². The normalized spacial score (nSPS) is 18.8. The fraction of sp³-hybridized carbons (Fsp3) is 0.333. The topological polar surface area (TPSA) is 134 Å². The monoisotopic (exact) mass is 404 g/mol. The lowest BCUT2D eigenvalue weighted by atomic mass is 9.97. The molecule has 3 atom stereocenters. The third-order valence-corrected chi connectivity index (χ3v) is 4.26. The number of alkyl halides is 1. The number of esters is 1. The number of nitrogens with zero attached hydrogens (tertiary/aromatic N) is 4. The highest BCUT2D eigenvalue weighted by atomic mass is 19.1. The standard InChI is InChI=1S/C18H17FN4O6/c1-10(2)14(22-16(19)15(17(22)25)21(9-20)11(3)24)18(26)29-8-12-4-6-13(7-5-12)23(27)28/h4-7,14-16H,1,8H2,2-3H3. The Balaban J connectivity index is 2.09. The second kappa shape index (κ2) is 8.47. The fourth-order valence-electron chi connectivity index (χ4n) is 2.79. The Bertz CT molecular complexity index is 910. The van der Waals surface area contributed by atoms with Crippen LogP contribution in [0.5, 0.6) is 0 Å². The molecule has 1 aliphatic heterocycles. The van der Waals surface area contributed by atoms with Crippen molar-refractivity contribution < 1.29 is 28.4 Å². The number of nitro benzene ring substituents is 1. The zero-order valence-corrected chi connectivity index (χ0v) is 15.6. The van der Waals surface area contributed by atoms with Crippen molar-refractivity contribution in [2.75, 3.05) is 0 Å². The Kier molecular flexibility index (Phi) is 6.28.